The molecule has 0 bridgehead atoms. The molecule has 2 N–H and O–H groups in total. The third-order valence-corrected chi connectivity index (χ3v) is 6.04. The predicted octanol–water partition coefficient (Wildman–Crippen LogP) is 4.99. The van der Waals surface area contributed by atoms with Crippen molar-refractivity contribution in [2.75, 3.05) is 26.3 Å². The molecule has 1 aliphatic heterocycles. The van der Waals surface area contributed by atoms with E-state index in [1.807, 2.05) is 48.5 Å². The van der Waals surface area contributed by atoms with Crippen LogP contribution in [0, 0.1) is 5.92 Å². The number of nitrogens with one attached hydrogen (secondary N) is 2. The van der Waals surface area contributed by atoms with E-state index in [4.69, 9.17) is 14.5 Å². The Hall–Kier alpha value is -3.16. The van der Waals surface area contributed by atoms with Crippen LogP contribution in [0.1, 0.15) is 25.6 Å². The highest BCUT2D eigenvalue weighted by Gasteiger charge is 2.20. The Labute approximate surface area is 187 Å². The van der Waals surface area contributed by atoms with Crippen LogP contribution in [0.4, 0.5) is 0 Å². The SMILES string of the molecule is CCOCC1CCN(Cc2nc3cc(Oc4ccc(-c5ccn[nH]5)cc4)ccc3[nH]2)CC1. The molecule has 2 aromatic carbocycles. The van der Waals surface area contributed by atoms with Gasteiger partial charge in [-0.05, 0) is 86.8 Å². The Kier molecular flexibility index (Phi) is 6.18. The maximum atomic E-state index is 6.06. The van der Waals surface area contributed by atoms with Gasteiger partial charge in [0.05, 0.1) is 23.3 Å². The summed E-state index contributed by atoms with van der Waals surface area (Å²) in [5, 5.41) is 6.97. The highest BCUT2D eigenvalue weighted by molar-refractivity contribution is 5.77. The fourth-order valence-electron chi connectivity index (χ4n) is 4.24. The fraction of sp³-hybridized carbons (Fsp3) is 0.360. The molecule has 4 aromatic rings. The van der Waals surface area contributed by atoms with E-state index in [-0.39, 0.29) is 0 Å². The van der Waals surface area contributed by atoms with Crippen molar-refractivity contribution in [2.24, 2.45) is 5.92 Å². The lowest BCUT2D eigenvalue weighted by Crippen LogP contribution is -2.34. The molecule has 3 heterocycles. The number of benzene rings is 2. The van der Waals surface area contributed by atoms with Gasteiger partial charge in [-0.25, -0.2) is 4.98 Å². The number of H-pyrrole nitrogens is 2. The van der Waals surface area contributed by atoms with Crippen molar-refractivity contribution in [1.82, 2.24) is 25.1 Å². The summed E-state index contributed by atoms with van der Waals surface area (Å²) in [6.45, 7) is 6.80. The maximum absolute atomic E-state index is 6.06. The molecule has 0 aliphatic carbocycles. The number of aromatic nitrogens is 4. The lowest BCUT2D eigenvalue weighted by Gasteiger charge is -2.31. The molecular weight excluding hydrogens is 402 g/mol. The van der Waals surface area contributed by atoms with Gasteiger partial charge in [0.2, 0.25) is 0 Å². The summed E-state index contributed by atoms with van der Waals surface area (Å²) in [6, 6.07) is 15.9. The van der Waals surface area contributed by atoms with E-state index in [0.717, 1.165) is 72.5 Å². The van der Waals surface area contributed by atoms with Gasteiger partial charge in [0, 0.05) is 25.5 Å². The fourth-order valence-corrected chi connectivity index (χ4v) is 4.24. The summed E-state index contributed by atoms with van der Waals surface area (Å²) in [7, 11) is 0. The highest BCUT2D eigenvalue weighted by Crippen LogP contribution is 2.27. The molecule has 7 nitrogen and oxygen atoms in total. The average molecular weight is 432 g/mol. The lowest BCUT2D eigenvalue weighted by molar-refractivity contribution is 0.0717. The van der Waals surface area contributed by atoms with E-state index in [9.17, 15) is 0 Å². The van der Waals surface area contributed by atoms with E-state index in [1.54, 1.807) is 6.20 Å². The smallest absolute Gasteiger partial charge is 0.129 e. The van der Waals surface area contributed by atoms with Crippen molar-refractivity contribution < 1.29 is 9.47 Å². The molecule has 1 fully saturated rings. The molecule has 2 aromatic heterocycles. The number of likely N-dealkylation sites (tertiary alicyclic amines) is 1. The molecule has 1 saturated heterocycles. The standard InChI is InChI=1S/C25H29N5O2/c1-2-31-17-18-10-13-30(14-11-18)16-25-27-23-8-7-21(15-24(23)28-25)32-20-5-3-19(4-6-20)22-9-12-26-29-22/h3-9,12,15,18H,2,10-11,13-14,16-17H2,1H3,(H,26,29)(H,27,28). The molecule has 1 aliphatic rings. The van der Waals surface area contributed by atoms with Crippen molar-refractivity contribution >= 4 is 11.0 Å². The first kappa shape index (κ1) is 20.7. The summed E-state index contributed by atoms with van der Waals surface area (Å²) in [5.41, 5.74) is 4.02. The van der Waals surface area contributed by atoms with Crippen molar-refractivity contribution in [3.8, 4) is 22.8 Å². The van der Waals surface area contributed by atoms with Crippen LogP contribution in [-0.4, -0.2) is 51.4 Å². The Balaban J connectivity index is 1.21. The maximum Gasteiger partial charge on any atom is 0.129 e. The van der Waals surface area contributed by atoms with Crippen molar-refractivity contribution in [3.05, 3.63) is 60.6 Å². The molecule has 166 valence electrons. The van der Waals surface area contributed by atoms with Gasteiger partial charge in [-0.2, -0.15) is 5.10 Å². The minimum absolute atomic E-state index is 0.690. The molecule has 0 amide bonds. The van der Waals surface area contributed by atoms with Crippen LogP contribution in [0.25, 0.3) is 22.3 Å². The second-order valence-electron chi connectivity index (χ2n) is 8.34. The molecular formula is C25H29N5O2. The van der Waals surface area contributed by atoms with E-state index in [0.29, 0.717) is 5.92 Å². The van der Waals surface area contributed by atoms with E-state index in [1.165, 1.54) is 12.8 Å². The predicted molar refractivity (Wildman–Crippen MR) is 125 cm³/mol. The minimum atomic E-state index is 0.690. The molecule has 0 spiro atoms. The van der Waals surface area contributed by atoms with E-state index in [2.05, 4.69) is 27.0 Å². The van der Waals surface area contributed by atoms with Crippen molar-refractivity contribution in [1.29, 1.82) is 0 Å². The number of fused-ring (bicyclic) bond motifs is 1. The van der Waals surface area contributed by atoms with Gasteiger partial charge >= 0.3 is 0 Å². The molecule has 0 unspecified atom stereocenters. The summed E-state index contributed by atoms with van der Waals surface area (Å²) >= 11 is 0. The van der Waals surface area contributed by atoms with Crippen molar-refractivity contribution in [3.63, 3.8) is 0 Å². The van der Waals surface area contributed by atoms with Crippen LogP contribution in [-0.2, 0) is 11.3 Å². The lowest BCUT2D eigenvalue weighted by atomic mass is 9.98. The third-order valence-electron chi connectivity index (χ3n) is 6.04. The highest BCUT2D eigenvalue weighted by atomic mass is 16.5. The zero-order valence-corrected chi connectivity index (χ0v) is 18.4. The Morgan fingerprint density at radius 1 is 1.03 bits per heavy atom. The number of ether oxygens (including phenoxy) is 2. The van der Waals surface area contributed by atoms with Crippen LogP contribution < -0.4 is 4.74 Å². The number of hydrogen-bond donors (Lipinski definition) is 2. The van der Waals surface area contributed by atoms with Gasteiger partial charge in [0.1, 0.15) is 17.3 Å². The zero-order chi connectivity index (χ0) is 21.8. The molecule has 0 saturated carbocycles. The van der Waals surface area contributed by atoms with E-state index >= 15 is 0 Å². The van der Waals surface area contributed by atoms with Crippen molar-refractivity contribution in [2.45, 2.75) is 26.3 Å². The molecule has 0 radical (unpaired) electrons. The first-order chi connectivity index (χ1) is 15.8. The molecule has 32 heavy (non-hydrogen) atoms. The second-order valence-corrected chi connectivity index (χ2v) is 8.34. The number of hydrogen-bond acceptors (Lipinski definition) is 5. The quantitative estimate of drug-likeness (QED) is 0.411. The van der Waals surface area contributed by atoms with Crippen LogP contribution in [0.15, 0.2) is 54.7 Å². The van der Waals surface area contributed by atoms with Crippen LogP contribution in [0.3, 0.4) is 0 Å². The van der Waals surface area contributed by atoms with Gasteiger partial charge in [-0.3, -0.25) is 10.00 Å². The Bertz CT molecular complexity index is 1130. The first-order valence-corrected chi connectivity index (χ1v) is 11.3. The number of nitrogens with zero attached hydrogens (tertiary/aromatic N) is 3. The van der Waals surface area contributed by atoms with E-state index < -0.39 is 0 Å². The second kappa shape index (κ2) is 9.54. The summed E-state index contributed by atoms with van der Waals surface area (Å²) < 4.78 is 11.7. The molecule has 7 heteroatoms. The Morgan fingerprint density at radius 2 is 1.84 bits per heavy atom. The first-order valence-electron chi connectivity index (χ1n) is 11.3. The zero-order valence-electron chi connectivity index (χ0n) is 18.4. The minimum Gasteiger partial charge on any atom is -0.457 e. The molecule has 0 atom stereocenters. The average Bonchev–Trinajstić information content (AvgIpc) is 3.49. The number of rotatable bonds is 8. The van der Waals surface area contributed by atoms with Gasteiger partial charge < -0.3 is 14.5 Å². The number of aromatic amines is 2. The number of piperidine rings is 1. The third kappa shape index (κ3) is 4.84. The summed E-state index contributed by atoms with van der Waals surface area (Å²) in [4.78, 5) is 10.7. The van der Waals surface area contributed by atoms with Crippen LogP contribution in [0.2, 0.25) is 0 Å². The summed E-state index contributed by atoms with van der Waals surface area (Å²) in [6.07, 6.45) is 4.13. The summed E-state index contributed by atoms with van der Waals surface area (Å²) in [5.74, 6) is 3.26. The van der Waals surface area contributed by atoms with Crippen LogP contribution in [0.5, 0.6) is 11.5 Å². The monoisotopic (exact) mass is 431 g/mol. The van der Waals surface area contributed by atoms with Crippen LogP contribution >= 0.6 is 0 Å². The molecule has 5 rings (SSSR count). The normalized spacial score (nSPS) is 15.4. The van der Waals surface area contributed by atoms with Gasteiger partial charge in [-0.1, -0.05) is 0 Å². The number of imidazole rings is 1. The topological polar surface area (TPSA) is 79.1 Å². The largest absolute Gasteiger partial charge is 0.457 e. The Morgan fingerprint density at radius 3 is 2.59 bits per heavy atom. The van der Waals surface area contributed by atoms with Gasteiger partial charge in [0.25, 0.3) is 0 Å². The van der Waals surface area contributed by atoms with Gasteiger partial charge in [-0.15, -0.1) is 0 Å². The van der Waals surface area contributed by atoms with Gasteiger partial charge in [0.15, 0.2) is 0 Å².